The van der Waals surface area contributed by atoms with Crippen molar-refractivity contribution in [2.24, 2.45) is 11.8 Å². The number of carbonyl (C=O) groups is 2. The maximum atomic E-state index is 13.0. The maximum absolute atomic E-state index is 13.0. The SMILES string of the molecule is CCOC(=O)C1CCN(C(=O)c2cccc(S(=O)(=O)N3CCC(C)CC3)c2)CC1. The number of ether oxygens (including phenoxy) is 1. The molecule has 0 aromatic heterocycles. The summed E-state index contributed by atoms with van der Waals surface area (Å²) >= 11 is 0. The van der Waals surface area contributed by atoms with E-state index in [0.29, 0.717) is 57.1 Å². The quantitative estimate of drug-likeness (QED) is 0.681. The molecule has 1 aromatic rings. The molecule has 0 aliphatic carbocycles. The molecular formula is C21H30N2O5S. The Labute approximate surface area is 173 Å². The van der Waals surface area contributed by atoms with Gasteiger partial charge in [0, 0.05) is 31.7 Å². The summed E-state index contributed by atoms with van der Waals surface area (Å²) in [7, 11) is -3.60. The summed E-state index contributed by atoms with van der Waals surface area (Å²) in [5, 5.41) is 0. The molecule has 0 N–H and O–H groups in total. The first-order valence-electron chi connectivity index (χ1n) is 10.4. The van der Waals surface area contributed by atoms with Gasteiger partial charge in [-0.1, -0.05) is 13.0 Å². The second kappa shape index (κ2) is 9.26. The van der Waals surface area contributed by atoms with Gasteiger partial charge in [0.25, 0.3) is 5.91 Å². The van der Waals surface area contributed by atoms with Crippen LogP contribution < -0.4 is 0 Å². The van der Waals surface area contributed by atoms with Crippen LogP contribution in [0.3, 0.4) is 0 Å². The standard InChI is InChI=1S/C21H30N2O5S/c1-3-28-21(25)17-9-11-22(12-10-17)20(24)18-5-4-6-19(15-18)29(26,27)23-13-7-16(2)8-14-23/h4-6,15-17H,3,7-14H2,1-2H3. The van der Waals surface area contributed by atoms with E-state index in [2.05, 4.69) is 6.92 Å². The average molecular weight is 423 g/mol. The normalized spacial score (nSPS) is 19.9. The number of piperidine rings is 2. The van der Waals surface area contributed by atoms with E-state index in [9.17, 15) is 18.0 Å². The minimum Gasteiger partial charge on any atom is -0.466 e. The highest BCUT2D eigenvalue weighted by Crippen LogP contribution is 2.25. The van der Waals surface area contributed by atoms with Gasteiger partial charge in [-0.2, -0.15) is 4.31 Å². The Hall–Kier alpha value is -1.93. The summed E-state index contributed by atoms with van der Waals surface area (Å²) in [6.45, 7) is 6.23. The smallest absolute Gasteiger partial charge is 0.309 e. The van der Waals surface area contributed by atoms with Gasteiger partial charge in [-0.25, -0.2) is 8.42 Å². The Morgan fingerprint density at radius 2 is 1.72 bits per heavy atom. The summed E-state index contributed by atoms with van der Waals surface area (Å²) < 4.78 is 32.5. The number of nitrogens with zero attached hydrogens (tertiary/aromatic N) is 2. The molecule has 1 aromatic carbocycles. The predicted octanol–water partition coefficient (Wildman–Crippen LogP) is 2.52. The molecule has 0 saturated carbocycles. The first-order chi connectivity index (χ1) is 13.8. The first-order valence-corrected chi connectivity index (χ1v) is 11.8. The van der Waals surface area contributed by atoms with Gasteiger partial charge < -0.3 is 9.64 Å². The van der Waals surface area contributed by atoms with E-state index >= 15 is 0 Å². The van der Waals surface area contributed by atoms with Gasteiger partial charge in [0.15, 0.2) is 0 Å². The Morgan fingerprint density at radius 1 is 1.07 bits per heavy atom. The Kier molecular flexibility index (Phi) is 6.95. The van der Waals surface area contributed by atoms with Gasteiger partial charge in [-0.3, -0.25) is 9.59 Å². The topological polar surface area (TPSA) is 84.0 Å². The summed E-state index contributed by atoms with van der Waals surface area (Å²) in [5.74, 6) is -0.0423. The van der Waals surface area contributed by atoms with Crippen LogP contribution in [0.1, 0.15) is 49.9 Å². The number of amides is 1. The number of benzene rings is 1. The molecule has 0 bridgehead atoms. The fraction of sp³-hybridized carbons (Fsp3) is 0.619. The largest absolute Gasteiger partial charge is 0.466 e. The number of hydrogen-bond acceptors (Lipinski definition) is 5. The van der Waals surface area contributed by atoms with Gasteiger partial charge in [0.2, 0.25) is 10.0 Å². The average Bonchev–Trinajstić information content (AvgIpc) is 2.74. The van der Waals surface area contributed by atoms with Gasteiger partial charge in [-0.15, -0.1) is 0 Å². The lowest BCUT2D eigenvalue weighted by atomic mass is 9.96. The number of hydrogen-bond donors (Lipinski definition) is 0. The summed E-state index contributed by atoms with van der Waals surface area (Å²) in [4.78, 5) is 26.6. The van der Waals surface area contributed by atoms with Crippen LogP contribution in [-0.2, 0) is 19.6 Å². The van der Waals surface area contributed by atoms with Gasteiger partial charge in [0.05, 0.1) is 17.4 Å². The number of likely N-dealkylation sites (tertiary alicyclic amines) is 1. The molecule has 8 heteroatoms. The van der Waals surface area contributed by atoms with Crippen molar-refractivity contribution in [3.63, 3.8) is 0 Å². The van der Waals surface area contributed by atoms with Crippen molar-refractivity contribution in [2.45, 2.75) is 44.4 Å². The third-order valence-electron chi connectivity index (χ3n) is 5.86. The minimum absolute atomic E-state index is 0.166. The second-order valence-electron chi connectivity index (χ2n) is 7.93. The fourth-order valence-electron chi connectivity index (χ4n) is 3.92. The van der Waals surface area contributed by atoms with Crippen molar-refractivity contribution in [1.82, 2.24) is 9.21 Å². The van der Waals surface area contributed by atoms with Gasteiger partial charge in [0.1, 0.15) is 0 Å². The predicted molar refractivity (Wildman–Crippen MR) is 109 cm³/mol. The molecule has 160 valence electrons. The lowest BCUT2D eigenvalue weighted by Gasteiger charge is -2.31. The molecule has 0 atom stereocenters. The van der Waals surface area contributed by atoms with E-state index < -0.39 is 10.0 Å². The van der Waals surface area contributed by atoms with Crippen molar-refractivity contribution in [2.75, 3.05) is 32.8 Å². The number of rotatable bonds is 5. The number of sulfonamides is 1. The van der Waals surface area contributed by atoms with Crippen molar-refractivity contribution in [3.8, 4) is 0 Å². The molecule has 3 rings (SSSR count). The Balaban J connectivity index is 1.68. The van der Waals surface area contributed by atoms with Crippen molar-refractivity contribution in [3.05, 3.63) is 29.8 Å². The molecule has 29 heavy (non-hydrogen) atoms. The van der Waals surface area contributed by atoms with Crippen LogP contribution in [-0.4, -0.2) is 62.3 Å². The second-order valence-corrected chi connectivity index (χ2v) is 9.87. The van der Waals surface area contributed by atoms with E-state index in [4.69, 9.17) is 4.74 Å². The van der Waals surface area contributed by atoms with Crippen molar-refractivity contribution in [1.29, 1.82) is 0 Å². The zero-order valence-electron chi connectivity index (χ0n) is 17.2. The summed E-state index contributed by atoms with van der Waals surface area (Å²) in [5.41, 5.74) is 0.367. The van der Waals surface area contributed by atoms with E-state index in [-0.39, 0.29) is 22.7 Å². The molecule has 1 amide bonds. The molecule has 2 aliphatic rings. The fourth-order valence-corrected chi connectivity index (χ4v) is 5.44. The molecule has 0 unspecified atom stereocenters. The maximum Gasteiger partial charge on any atom is 0.309 e. The van der Waals surface area contributed by atoms with Crippen LogP contribution in [0.4, 0.5) is 0 Å². The first kappa shape index (κ1) is 21.8. The number of esters is 1. The zero-order valence-corrected chi connectivity index (χ0v) is 18.0. The molecule has 2 heterocycles. The van der Waals surface area contributed by atoms with Crippen LogP contribution >= 0.6 is 0 Å². The van der Waals surface area contributed by atoms with Crippen molar-refractivity contribution < 1.29 is 22.7 Å². The number of carbonyl (C=O) groups excluding carboxylic acids is 2. The van der Waals surface area contributed by atoms with Crippen LogP contribution in [0.5, 0.6) is 0 Å². The highest BCUT2D eigenvalue weighted by molar-refractivity contribution is 7.89. The lowest BCUT2D eigenvalue weighted by molar-refractivity contribution is -0.149. The molecule has 7 nitrogen and oxygen atoms in total. The van der Waals surface area contributed by atoms with E-state index in [1.807, 2.05) is 0 Å². The van der Waals surface area contributed by atoms with Crippen molar-refractivity contribution >= 4 is 21.9 Å². The third-order valence-corrected chi connectivity index (χ3v) is 7.76. The molecular weight excluding hydrogens is 392 g/mol. The molecule has 2 fully saturated rings. The summed E-state index contributed by atoms with van der Waals surface area (Å²) in [6, 6.07) is 6.30. The van der Waals surface area contributed by atoms with Crippen LogP contribution in [0, 0.1) is 11.8 Å². The lowest BCUT2D eigenvalue weighted by Crippen LogP contribution is -2.41. The van der Waals surface area contributed by atoms with E-state index in [1.54, 1.807) is 30.0 Å². The van der Waals surface area contributed by atoms with Gasteiger partial charge in [-0.05, 0) is 56.7 Å². The Morgan fingerprint density at radius 3 is 2.34 bits per heavy atom. The highest BCUT2D eigenvalue weighted by atomic mass is 32.2. The van der Waals surface area contributed by atoms with E-state index in [0.717, 1.165) is 12.8 Å². The monoisotopic (exact) mass is 422 g/mol. The Bertz CT molecular complexity index is 838. The highest BCUT2D eigenvalue weighted by Gasteiger charge is 2.31. The molecule has 0 spiro atoms. The van der Waals surface area contributed by atoms with Gasteiger partial charge >= 0.3 is 5.97 Å². The molecule has 2 aliphatic heterocycles. The third kappa shape index (κ3) is 4.98. The van der Waals surface area contributed by atoms with E-state index in [1.165, 1.54) is 10.4 Å². The van der Waals surface area contributed by atoms with Crippen LogP contribution in [0.2, 0.25) is 0 Å². The van der Waals surface area contributed by atoms with Crippen LogP contribution in [0.25, 0.3) is 0 Å². The molecule has 0 radical (unpaired) electrons. The molecule has 2 saturated heterocycles. The minimum atomic E-state index is -3.60. The summed E-state index contributed by atoms with van der Waals surface area (Å²) in [6.07, 6.45) is 2.84. The zero-order chi connectivity index (χ0) is 21.0. The van der Waals surface area contributed by atoms with Crippen LogP contribution in [0.15, 0.2) is 29.2 Å².